The third-order valence-corrected chi connectivity index (χ3v) is 6.19. The van der Waals surface area contributed by atoms with Crippen LogP contribution >= 0.6 is 33.0 Å². The Morgan fingerprint density at radius 3 is 2.08 bits per heavy atom. The zero-order valence-corrected chi connectivity index (χ0v) is 14.5. The van der Waals surface area contributed by atoms with Crippen molar-refractivity contribution in [1.29, 1.82) is 0 Å². The van der Waals surface area contributed by atoms with Crippen molar-refractivity contribution in [1.82, 2.24) is 0 Å². The summed E-state index contributed by atoms with van der Waals surface area (Å²) in [5, 5.41) is -1.56. The van der Waals surface area contributed by atoms with Gasteiger partial charge in [0, 0.05) is 16.0 Å². The van der Waals surface area contributed by atoms with Gasteiger partial charge in [-0.15, -0.1) is 15.5 Å². The molecular formula is C15H11Cl2F7S. The quantitative estimate of drug-likeness (QED) is 0.426. The molecule has 0 heterocycles. The summed E-state index contributed by atoms with van der Waals surface area (Å²) < 4.78 is 94.7. The maximum atomic E-state index is 14.3. The third-order valence-electron chi connectivity index (χ3n) is 3.44. The van der Waals surface area contributed by atoms with E-state index in [0.29, 0.717) is 18.2 Å². The van der Waals surface area contributed by atoms with Gasteiger partial charge in [0.25, 0.3) is 0 Å². The molecule has 1 aliphatic rings. The van der Waals surface area contributed by atoms with Gasteiger partial charge in [-0.05, 0) is 30.7 Å². The lowest BCUT2D eigenvalue weighted by molar-refractivity contribution is -0.0887. The molecule has 0 N–H and O–H groups in total. The van der Waals surface area contributed by atoms with Gasteiger partial charge in [0.1, 0.15) is 0 Å². The Bertz CT molecular complexity index is 770. The third kappa shape index (κ3) is 4.74. The molecule has 0 radical (unpaired) electrons. The van der Waals surface area contributed by atoms with Crippen molar-refractivity contribution in [2.75, 3.05) is 0 Å². The largest absolute Gasteiger partial charge is 0.416 e. The molecule has 0 amide bonds. The molecule has 0 aliphatic heterocycles. The van der Waals surface area contributed by atoms with Crippen LogP contribution in [0, 0.1) is 5.92 Å². The van der Waals surface area contributed by atoms with E-state index < -0.39 is 49.3 Å². The molecule has 25 heavy (non-hydrogen) atoms. The van der Waals surface area contributed by atoms with Crippen molar-refractivity contribution in [2.24, 2.45) is 5.92 Å². The van der Waals surface area contributed by atoms with Gasteiger partial charge in [-0.2, -0.15) is 13.2 Å². The van der Waals surface area contributed by atoms with Crippen LogP contribution < -0.4 is 0 Å². The molecule has 1 aliphatic carbocycles. The van der Waals surface area contributed by atoms with Gasteiger partial charge in [-0.1, -0.05) is 41.4 Å². The molecule has 1 aromatic rings. The van der Waals surface area contributed by atoms with Gasteiger partial charge in [0.05, 0.1) is 15.9 Å². The normalized spacial score (nSPS) is 22.2. The first-order valence-corrected chi connectivity index (χ1v) is 9.58. The minimum absolute atomic E-state index is 0.00717. The van der Waals surface area contributed by atoms with E-state index in [1.165, 1.54) is 0 Å². The van der Waals surface area contributed by atoms with E-state index >= 15 is 0 Å². The Balaban J connectivity index is 2.37. The van der Waals surface area contributed by atoms with Crippen molar-refractivity contribution in [2.45, 2.75) is 17.5 Å². The Labute approximate surface area is 149 Å². The minimum Gasteiger partial charge on any atom is -0.166 e. The molecule has 0 saturated carbocycles. The van der Waals surface area contributed by atoms with Crippen molar-refractivity contribution < 1.29 is 28.7 Å². The number of allylic oxidation sites excluding steroid dienone is 5. The van der Waals surface area contributed by atoms with E-state index in [-0.39, 0.29) is 5.02 Å². The van der Waals surface area contributed by atoms with E-state index in [0.717, 1.165) is 24.3 Å². The first kappa shape index (κ1) is 20.2. The molecule has 1 unspecified atom stereocenters. The highest BCUT2D eigenvalue weighted by Crippen LogP contribution is 3.02. The Morgan fingerprint density at radius 1 is 1.08 bits per heavy atom. The molecule has 2 rings (SSSR count). The summed E-state index contributed by atoms with van der Waals surface area (Å²) in [6, 6.07) is 2.75. The number of alkyl halides is 3. The van der Waals surface area contributed by atoms with Gasteiger partial charge in [0.2, 0.25) is 9.84 Å². The Kier molecular flexibility index (Phi) is 4.60. The molecule has 0 saturated heterocycles. The maximum Gasteiger partial charge on any atom is 0.416 e. The number of hydrogen-bond acceptors (Lipinski definition) is 0. The first-order chi connectivity index (χ1) is 11.1. The predicted octanol–water partition coefficient (Wildman–Crippen LogP) is 8.26. The zero-order valence-electron chi connectivity index (χ0n) is 12.2. The summed E-state index contributed by atoms with van der Waals surface area (Å²) in [7, 11) is -8.87. The van der Waals surface area contributed by atoms with E-state index in [4.69, 9.17) is 23.2 Å². The number of benzene rings is 1. The highest BCUT2D eigenvalue weighted by Gasteiger charge is 2.63. The summed E-state index contributed by atoms with van der Waals surface area (Å²) in [6.45, 7) is 0. The van der Waals surface area contributed by atoms with Gasteiger partial charge >= 0.3 is 6.18 Å². The monoisotopic (exact) mass is 426 g/mol. The molecule has 0 aromatic heterocycles. The average molecular weight is 427 g/mol. The fourth-order valence-corrected chi connectivity index (χ4v) is 4.43. The van der Waals surface area contributed by atoms with Gasteiger partial charge < -0.3 is 0 Å². The van der Waals surface area contributed by atoms with Crippen LogP contribution in [0.5, 0.6) is 0 Å². The first-order valence-electron chi connectivity index (χ1n) is 6.71. The molecule has 0 fully saturated rings. The van der Waals surface area contributed by atoms with Crippen molar-refractivity contribution in [3.63, 3.8) is 0 Å². The van der Waals surface area contributed by atoms with Crippen LogP contribution in [-0.2, 0) is 0 Å². The second-order valence-corrected chi connectivity index (χ2v) is 9.29. The lowest BCUT2D eigenvalue weighted by Gasteiger charge is -2.47. The van der Waals surface area contributed by atoms with Crippen molar-refractivity contribution >= 4 is 33.0 Å². The number of hydrogen-bond donors (Lipinski definition) is 0. The average Bonchev–Trinajstić information content (AvgIpc) is 2.45. The SMILES string of the molecule is FC(F)(F)C1=CCC(/C(Cl)=C\S(F)(F)(F)(F)c2ccc(Cl)cc2)C=C1. The van der Waals surface area contributed by atoms with Crippen LogP contribution in [0.15, 0.2) is 63.4 Å². The zero-order chi connectivity index (χ0) is 19.2. The topological polar surface area (TPSA) is 0 Å². The predicted molar refractivity (Wildman–Crippen MR) is 87.1 cm³/mol. The van der Waals surface area contributed by atoms with Gasteiger partial charge in [-0.3, -0.25) is 0 Å². The van der Waals surface area contributed by atoms with Gasteiger partial charge in [0.15, 0.2) is 0 Å². The van der Waals surface area contributed by atoms with Crippen LogP contribution in [0.1, 0.15) is 6.42 Å². The number of halogens is 9. The minimum atomic E-state index is -8.87. The summed E-state index contributed by atoms with van der Waals surface area (Å²) in [4.78, 5) is -1.55. The van der Waals surface area contributed by atoms with E-state index in [9.17, 15) is 28.7 Å². The van der Waals surface area contributed by atoms with E-state index in [1.54, 1.807) is 0 Å². The lowest BCUT2D eigenvalue weighted by Crippen LogP contribution is -2.15. The maximum absolute atomic E-state index is 14.3. The molecule has 0 nitrogen and oxygen atoms in total. The summed E-state index contributed by atoms with van der Waals surface area (Å²) >= 11 is 11.1. The summed E-state index contributed by atoms with van der Waals surface area (Å²) in [5.74, 6) is -1.20. The Morgan fingerprint density at radius 2 is 1.64 bits per heavy atom. The fraction of sp³-hybridized carbons (Fsp3) is 0.200. The van der Waals surface area contributed by atoms with Crippen molar-refractivity contribution in [3.05, 3.63) is 63.5 Å². The van der Waals surface area contributed by atoms with Crippen LogP contribution in [0.25, 0.3) is 0 Å². The molecule has 1 aromatic carbocycles. The molecule has 10 heteroatoms. The highest BCUT2D eigenvalue weighted by atomic mass is 35.5. The second kappa shape index (κ2) is 5.69. The van der Waals surface area contributed by atoms with Crippen LogP contribution in [0.4, 0.5) is 28.7 Å². The Hall–Kier alpha value is -1.12. The lowest BCUT2D eigenvalue weighted by atomic mass is 9.96. The van der Waals surface area contributed by atoms with Gasteiger partial charge in [-0.25, -0.2) is 0 Å². The fourth-order valence-electron chi connectivity index (χ4n) is 2.14. The smallest absolute Gasteiger partial charge is 0.166 e. The molecule has 0 bridgehead atoms. The van der Waals surface area contributed by atoms with Crippen LogP contribution in [-0.4, -0.2) is 6.18 Å². The number of rotatable bonds is 3. The van der Waals surface area contributed by atoms with Crippen LogP contribution in [0.3, 0.4) is 0 Å². The molecule has 0 spiro atoms. The molecule has 1 atom stereocenters. The van der Waals surface area contributed by atoms with Crippen molar-refractivity contribution in [3.8, 4) is 0 Å². The van der Waals surface area contributed by atoms with Crippen LogP contribution in [0.2, 0.25) is 5.02 Å². The highest BCUT2D eigenvalue weighted by molar-refractivity contribution is 8.52. The second-order valence-electron chi connectivity index (χ2n) is 5.45. The standard InChI is InChI=1S/C15H11Cl2F7S/c16-12-5-7-13(8-6-12)25(21,22,23,24)9-14(17)10-1-3-11(4-2-10)15(18,19)20/h1,3-10H,2H2/b14-9+. The summed E-state index contributed by atoms with van der Waals surface area (Å²) in [6.07, 6.45) is -2.82. The van der Waals surface area contributed by atoms with E-state index in [2.05, 4.69) is 0 Å². The van der Waals surface area contributed by atoms with E-state index in [1.807, 2.05) is 0 Å². The summed E-state index contributed by atoms with van der Waals surface area (Å²) in [5.41, 5.74) is -0.988. The molecular weight excluding hydrogens is 416 g/mol. The molecule has 140 valence electrons.